The number of rotatable bonds is 16. The largest absolute Gasteiger partial charge is 0.480 e. The Morgan fingerprint density at radius 3 is 1.13 bits per heavy atom. The molecule has 2 heterocycles. The first-order valence-corrected chi connectivity index (χ1v) is 14.1. The van der Waals surface area contributed by atoms with Crippen molar-refractivity contribution in [2.75, 3.05) is 26.2 Å². The first kappa shape index (κ1) is 31.7. The number of aliphatic carboxylic acids is 4. The second-order valence-corrected chi connectivity index (χ2v) is 10.7. The zero-order valence-corrected chi connectivity index (χ0v) is 24.4. The summed E-state index contributed by atoms with van der Waals surface area (Å²) in [5.74, 6) is -4.58. The Kier molecular flexibility index (Phi) is 9.58. The topological polar surface area (TPSA) is 217 Å². The molecule has 0 saturated heterocycles. The summed E-state index contributed by atoms with van der Waals surface area (Å²) in [6, 6.07) is 15.7. The van der Waals surface area contributed by atoms with Crippen molar-refractivity contribution in [3.05, 3.63) is 83.4 Å². The molecule has 0 radical (unpaired) electrons. The lowest BCUT2D eigenvalue weighted by atomic mass is 9.91. The van der Waals surface area contributed by atoms with Crippen LogP contribution in [0, 0.1) is 0 Å². The Labute approximate surface area is 260 Å². The van der Waals surface area contributed by atoms with Crippen LogP contribution in [0.3, 0.4) is 0 Å². The van der Waals surface area contributed by atoms with Crippen LogP contribution >= 0.6 is 0 Å². The number of hydrogen-bond donors (Lipinski definition) is 4. The summed E-state index contributed by atoms with van der Waals surface area (Å²) in [6.07, 6.45) is 3.34. The zero-order valence-electron chi connectivity index (χ0n) is 24.4. The van der Waals surface area contributed by atoms with Crippen molar-refractivity contribution in [2.45, 2.75) is 26.2 Å². The Morgan fingerprint density at radius 2 is 0.848 bits per heavy atom. The molecule has 0 unspecified atom stereocenters. The normalized spacial score (nSPS) is 11.5. The fourth-order valence-corrected chi connectivity index (χ4v) is 5.51. The van der Waals surface area contributed by atoms with E-state index < -0.39 is 50.1 Å². The maximum absolute atomic E-state index is 11.2. The molecule has 0 fully saturated rings. The van der Waals surface area contributed by atoms with Crippen molar-refractivity contribution >= 4 is 45.4 Å². The highest BCUT2D eigenvalue weighted by Gasteiger charge is 2.19. The van der Waals surface area contributed by atoms with Gasteiger partial charge in [0.2, 0.25) is 0 Å². The van der Waals surface area contributed by atoms with Crippen molar-refractivity contribution in [3.63, 3.8) is 0 Å². The Bertz CT molecular complexity index is 1690. The average Bonchev–Trinajstić information content (AvgIpc) is 3.62. The predicted molar refractivity (Wildman–Crippen MR) is 161 cm³/mol. The van der Waals surface area contributed by atoms with Gasteiger partial charge in [-0.2, -0.15) is 0 Å². The summed E-state index contributed by atoms with van der Waals surface area (Å²) in [6.45, 7) is -1.13. The molecule has 0 aliphatic rings. The second-order valence-electron chi connectivity index (χ2n) is 10.7. The predicted octanol–water partition coefficient (Wildman–Crippen LogP) is 1.22. The molecule has 5 rings (SSSR count). The van der Waals surface area contributed by atoms with Gasteiger partial charge in [-0.25, -0.2) is 9.36 Å². The second kappa shape index (κ2) is 13.9. The van der Waals surface area contributed by atoms with Gasteiger partial charge in [0.25, 0.3) is 0 Å². The third-order valence-corrected chi connectivity index (χ3v) is 7.17. The number of fused-ring (bicyclic) bond motifs is 2. The molecule has 0 amide bonds. The van der Waals surface area contributed by atoms with E-state index in [0.717, 1.165) is 32.7 Å². The molecule has 238 valence electrons. The van der Waals surface area contributed by atoms with Gasteiger partial charge in [-0.3, -0.25) is 29.0 Å². The molecule has 0 aliphatic carbocycles. The molecule has 4 N–H and O–H groups in total. The van der Waals surface area contributed by atoms with E-state index in [4.69, 9.17) is 20.4 Å². The van der Waals surface area contributed by atoms with Crippen LogP contribution in [0.25, 0.3) is 21.5 Å². The number of aromatic nitrogens is 6. The van der Waals surface area contributed by atoms with E-state index in [-0.39, 0.29) is 13.1 Å². The van der Waals surface area contributed by atoms with Gasteiger partial charge in [0, 0.05) is 13.1 Å². The highest BCUT2D eigenvalue weighted by atomic mass is 16.4. The van der Waals surface area contributed by atoms with Crippen LogP contribution in [0.5, 0.6) is 0 Å². The SMILES string of the molecule is O=C(O)CN(CC(=O)O)Cc1cn(Cc2c3ccccc3c(Cn3cc(CN(CC(=O)O)CC(=O)O)nn3)c3ccccc23)nn1. The molecule has 16 nitrogen and oxygen atoms in total. The molecule has 16 heteroatoms. The monoisotopic (exact) mass is 630 g/mol. The van der Waals surface area contributed by atoms with Gasteiger partial charge in [0.15, 0.2) is 0 Å². The minimum absolute atomic E-state index is 0.00328. The summed E-state index contributed by atoms with van der Waals surface area (Å²) in [7, 11) is 0. The maximum Gasteiger partial charge on any atom is 0.317 e. The van der Waals surface area contributed by atoms with Crippen molar-refractivity contribution in [1.82, 2.24) is 39.8 Å². The van der Waals surface area contributed by atoms with E-state index in [1.807, 2.05) is 48.5 Å². The quantitative estimate of drug-likeness (QED) is 0.113. The smallest absolute Gasteiger partial charge is 0.317 e. The van der Waals surface area contributed by atoms with Gasteiger partial charge in [-0.05, 0) is 32.7 Å². The van der Waals surface area contributed by atoms with Crippen LogP contribution < -0.4 is 0 Å². The van der Waals surface area contributed by atoms with E-state index in [2.05, 4.69) is 20.6 Å². The lowest BCUT2D eigenvalue weighted by Crippen LogP contribution is -2.34. The Morgan fingerprint density at radius 1 is 0.543 bits per heavy atom. The molecular weight excluding hydrogens is 600 g/mol. The molecule has 0 saturated carbocycles. The fraction of sp³-hybridized carbons (Fsp3) is 0.267. The van der Waals surface area contributed by atoms with E-state index in [9.17, 15) is 19.2 Å². The van der Waals surface area contributed by atoms with Gasteiger partial charge in [-0.1, -0.05) is 59.0 Å². The van der Waals surface area contributed by atoms with Crippen molar-refractivity contribution < 1.29 is 39.6 Å². The molecule has 0 aliphatic heterocycles. The summed E-state index contributed by atoms with van der Waals surface area (Å²) >= 11 is 0. The van der Waals surface area contributed by atoms with Crippen LogP contribution in [0.15, 0.2) is 60.9 Å². The number of benzene rings is 3. The molecule has 2 aromatic heterocycles. The minimum Gasteiger partial charge on any atom is -0.480 e. The van der Waals surface area contributed by atoms with Crippen molar-refractivity contribution in [3.8, 4) is 0 Å². The molecule has 46 heavy (non-hydrogen) atoms. The zero-order chi connectivity index (χ0) is 32.8. The highest BCUT2D eigenvalue weighted by molar-refractivity contribution is 6.05. The van der Waals surface area contributed by atoms with Crippen LogP contribution in [0.2, 0.25) is 0 Å². The van der Waals surface area contributed by atoms with Gasteiger partial charge < -0.3 is 20.4 Å². The van der Waals surface area contributed by atoms with Gasteiger partial charge in [0.05, 0.1) is 63.1 Å². The van der Waals surface area contributed by atoms with Crippen LogP contribution in [-0.2, 0) is 45.4 Å². The van der Waals surface area contributed by atoms with Crippen LogP contribution in [0.4, 0.5) is 0 Å². The summed E-state index contributed by atoms with van der Waals surface area (Å²) < 4.78 is 3.26. The van der Waals surface area contributed by atoms with Gasteiger partial charge in [0.1, 0.15) is 0 Å². The molecule has 0 bridgehead atoms. The standard InChI is InChI=1S/C30H30N8O8/c39-27(40)15-35(16-28(41)42)9-19-11-37(33-31-19)13-25-21-5-1-2-6-22(21)26(24-8-4-3-7-23(24)25)14-38-12-20(32-34-38)10-36(17-29(43)44)18-30(45)46/h1-8,11-12H,9-10,13-18H2,(H,39,40)(H,41,42)(H,43,44)(H,45,46). The number of nitrogens with zero attached hydrogens (tertiary/aromatic N) is 8. The van der Waals surface area contributed by atoms with Gasteiger partial charge >= 0.3 is 23.9 Å². The summed E-state index contributed by atoms with van der Waals surface area (Å²) in [5, 5.41) is 57.2. The first-order valence-electron chi connectivity index (χ1n) is 14.1. The van der Waals surface area contributed by atoms with E-state index in [1.54, 1.807) is 21.8 Å². The number of carbonyl (C=O) groups is 4. The molecule has 0 spiro atoms. The van der Waals surface area contributed by atoms with Crippen molar-refractivity contribution in [2.24, 2.45) is 0 Å². The van der Waals surface area contributed by atoms with E-state index in [1.165, 1.54) is 9.80 Å². The van der Waals surface area contributed by atoms with Crippen molar-refractivity contribution in [1.29, 1.82) is 0 Å². The fourth-order valence-electron chi connectivity index (χ4n) is 5.51. The molecule has 5 aromatic rings. The third kappa shape index (κ3) is 7.85. The Balaban J connectivity index is 1.44. The van der Waals surface area contributed by atoms with E-state index >= 15 is 0 Å². The summed E-state index contributed by atoms with van der Waals surface area (Å²) in [5.41, 5.74) is 2.80. The van der Waals surface area contributed by atoms with E-state index in [0.29, 0.717) is 24.5 Å². The maximum atomic E-state index is 11.2. The average molecular weight is 631 g/mol. The van der Waals surface area contributed by atoms with Crippen LogP contribution in [0.1, 0.15) is 22.5 Å². The first-order chi connectivity index (χ1) is 22.0. The lowest BCUT2D eigenvalue weighted by Gasteiger charge is -2.17. The third-order valence-electron chi connectivity index (χ3n) is 7.17. The highest BCUT2D eigenvalue weighted by Crippen LogP contribution is 2.34. The lowest BCUT2D eigenvalue weighted by molar-refractivity contribution is -0.144. The summed E-state index contributed by atoms with van der Waals surface area (Å²) in [4.78, 5) is 47.3. The number of carboxylic acids is 4. The van der Waals surface area contributed by atoms with Crippen LogP contribution in [-0.4, -0.2) is 110 Å². The molecular formula is C30H30N8O8. The number of carboxylic acid groups (broad SMARTS) is 4. The number of hydrogen-bond acceptors (Lipinski definition) is 10. The minimum atomic E-state index is -1.15. The van der Waals surface area contributed by atoms with Gasteiger partial charge in [-0.15, -0.1) is 10.2 Å². The molecule has 0 atom stereocenters. The Hall–Kier alpha value is -5.74. The molecule has 3 aromatic carbocycles.